The zero-order valence-corrected chi connectivity index (χ0v) is 16.3. The molecule has 0 saturated heterocycles. The quantitative estimate of drug-likeness (QED) is 0.684. The maximum atomic E-state index is 12.5. The van der Waals surface area contributed by atoms with Gasteiger partial charge in [0.1, 0.15) is 10.8 Å². The van der Waals surface area contributed by atoms with Crippen LogP contribution in [0.2, 0.25) is 0 Å². The van der Waals surface area contributed by atoms with Gasteiger partial charge >= 0.3 is 0 Å². The van der Waals surface area contributed by atoms with Crippen molar-refractivity contribution in [3.8, 4) is 0 Å². The van der Waals surface area contributed by atoms with Crippen LogP contribution in [0, 0.1) is 20.8 Å². The summed E-state index contributed by atoms with van der Waals surface area (Å²) in [4.78, 5) is 22.5. The van der Waals surface area contributed by atoms with Crippen LogP contribution in [0.1, 0.15) is 39.4 Å². The van der Waals surface area contributed by atoms with E-state index in [2.05, 4.69) is 39.0 Å². The van der Waals surface area contributed by atoms with Crippen molar-refractivity contribution in [3.63, 3.8) is 0 Å². The molecule has 3 aromatic rings. The monoisotopic (exact) mass is 374 g/mol. The Bertz CT molecular complexity index is 816. The first-order valence-electron chi connectivity index (χ1n) is 8.25. The maximum absolute atomic E-state index is 12.5. The Hall–Kier alpha value is -1.99. The van der Waals surface area contributed by atoms with Crippen molar-refractivity contribution in [1.29, 1.82) is 0 Å². The van der Waals surface area contributed by atoms with Crippen LogP contribution in [0.4, 0.5) is 0 Å². The number of amides is 1. The molecule has 7 heteroatoms. The molecule has 0 aromatic carbocycles. The molecule has 3 heterocycles. The predicted octanol–water partition coefficient (Wildman–Crippen LogP) is 3.82. The van der Waals surface area contributed by atoms with Crippen molar-refractivity contribution in [2.45, 2.75) is 46.2 Å². The highest BCUT2D eigenvalue weighted by Gasteiger charge is 2.20. The number of carbonyl (C=O) groups is 1. The van der Waals surface area contributed by atoms with Gasteiger partial charge in [-0.05, 0) is 43.2 Å². The number of aromatic nitrogens is 3. The van der Waals surface area contributed by atoms with Gasteiger partial charge in [0.05, 0.1) is 11.7 Å². The third-order valence-electron chi connectivity index (χ3n) is 4.20. The molecule has 3 rings (SSSR count). The molecule has 1 N–H and O–H groups in total. The standard InChI is InChI=1S/C18H22N4OS2/c1-12-13(2)25-18(20-12)16(10-15-5-9-24-11-15)21-17(23)4-7-22-8-6-19-14(22)3/h5-6,8-9,11,16H,4,7,10H2,1-3H3,(H,21,23)/t16-/m1/s1. The Balaban J connectivity index is 1.68. The molecule has 0 unspecified atom stereocenters. The van der Waals surface area contributed by atoms with Crippen molar-refractivity contribution in [2.75, 3.05) is 0 Å². The summed E-state index contributed by atoms with van der Waals surface area (Å²) in [6.45, 7) is 6.67. The van der Waals surface area contributed by atoms with E-state index in [4.69, 9.17) is 0 Å². The van der Waals surface area contributed by atoms with Gasteiger partial charge in [-0.3, -0.25) is 4.79 Å². The Kier molecular flexibility index (Phi) is 5.65. The summed E-state index contributed by atoms with van der Waals surface area (Å²) in [5.41, 5.74) is 2.27. The molecular weight excluding hydrogens is 352 g/mol. The second kappa shape index (κ2) is 7.93. The highest BCUT2D eigenvalue weighted by molar-refractivity contribution is 7.11. The average molecular weight is 375 g/mol. The second-order valence-electron chi connectivity index (χ2n) is 6.07. The van der Waals surface area contributed by atoms with E-state index in [0.29, 0.717) is 13.0 Å². The van der Waals surface area contributed by atoms with Crippen LogP contribution in [0.5, 0.6) is 0 Å². The summed E-state index contributed by atoms with van der Waals surface area (Å²) in [6, 6.07) is 2.02. The van der Waals surface area contributed by atoms with Crippen molar-refractivity contribution < 1.29 is 4.79 Å². The fourth-order valence-corrected chi connectivity index (χ4v) is 4.28. The van der Waals surface area contributed by atoms with E-state index in [-0.39, 0.29) is 11.9 Å². The van der Waals surface area contributed by atoms with Crippen LogP contribution in [-0.4, -0.2) is 20.4 Å². The SMILES string of the molecule is Cc1nc([C@@H](Cc2ccsc2)NC(=O)CCn2ccnc2C)sc1C. The van der Waals surface area contributed by atoms with Crippen molar-refractivity contribution in [3.05, 3.63) is 56.2 Å². The van der Waals surface area contributed by atoms with Crippen molar-refractivity contribution in [1.82, 2.24) is 19.9 Å². The van der Waals surface area contributed by atoms with Gasteiger partial charge in [-0.25, -0.2) is 9.97 Å². The lowest BCUT2D eigenvalue weighted by Crippen LogP contribution is -2.30. The fourth-order valence-electron chi connectivity index (χ4n) is 2.62. The van der Waals surface area contributed by atoms with Gasteiger partial charge in [0.25, 0.3) is 0 Å². The number of carbonyl (C=O) groups excluding carboxylic acids is 1. The van der Waals surface area contributed by atoms with Gasteiger partial charge in [-0.2, -0.15) is 11.3 Å². The number of nitrogens with zero attached hydrogens (tertiary/aromatic N) is 3. The van der Waals surface area contributed by atoms with Gasteiger partial charge in [0, 0.05) is 36.7 Å². The Labute approximate surface area is 155 Å². The Morgan fingerprint density at radius 1 is 1.36 bits per heavy atom. The fraction of sp³-hybridized carbons (Fsp3) is 0.389. The second-order valence-corrected chi connectivity index (χ2v) is 8.08. The van der Waals surface area contributed by atoms with E-state index in [0.717, 1.165) is 22.9 Å². The lowest BCUT2D eigenvalue weighted by Gasteiger charge is -2.16. The number of hydrogen-bond donors (Lipinski definition) is 1. The topological polar surface area (TPSA) is 59.8 Å². The predicted molar refractivity (Wildman–Crippen MR) is 102 cm³/mol. The molecule has 0 saturated carbocycles. The number of rotatable bonds is 7. The summed E-state index contributed by atoms with van der Waals surface area (Å²) >= 11 is 3.34. The Morgan fingerprint density at radius 3 is 2.80 bits per heavy atom. The first-order chi connectivity index (χ1) is 12.0. The third kappa shape index (κ3) is 4.55. The molecular formula is C18H22N4OS2. The first-order valence-corrected chi connectivity index (χ1v) is 10.0. The van der Waals surface area contributed by atoms with E-state index in [1.807, 2.05) is 24.6 Å². The van der Waals surface area contributed by atoms with E-state index in [9.17, 15) is 4.79 Å². The minimum absolute atomic E-state index is 0.0406. The van der Waals surface area contributed by atoms with Crippen molar-refractivity contribution >= 4 is 28.6 Å². The zero-order chi connectivity index (χ0) is 17.8. The van der Waals surface area contributed by atoms with Gasteiger partial charge in [0.15, 0.2) is 0 Å². The summed E-state index contributed by atoms with van der Waals surface area (Å²) in [5, 5.41) is 8.34. The van der Waals surface area contributed by atoms with Crippen LogP contribution in [-0.2, 0) is 17.8 Å². The van der Waals surface area contributed by atoms with Gasteiger partial charge in [0.2, 0.25) is 5.91 Å². The molecule has 0 bridgehead atoms. The normalized spacial score (nSPS) is 12.3. The average Bonchev–Trinajstić information content (AvgIpc) is 3.29. The highest BCUT2D eigenvalue weighted by atomic mass is 32.1. The third-order valence-corrected chi connectivity index (χ3v) is 6.12. The molecule has 0 fully saturated rings. The zero-order valence-electron chi connectivity index (χ0n) is 14.7. The van der Waals surface area contributed by atoms with Crippen LogP contribution in [0.15, 0.2) is 29.2 Å². The smallest absolute Gasteiger partial charge is 0.222 e. The van der Waals surface area contributed by atoms with E-state index in [1.165, 1.54) is 10.4 Å². The van der Waals surface area contributed by atoms with Crippen LogP contribution in [0.25, 0.3) is 0 Å². The summed E-state index contributed by atoms with van der Waals surface area (Å²) < 4.78 is 1.99. The molecule has 0 spiro atoms. The summed E-state index contributed by atoms with van der Waals surface area (Å²) in [6.07, 6.45) is 4.86. The number of thiophene rings is 1. The molecule has 0 aliphatic carbocycles. The minimum atomic E-state index is -0.0802. The van der Waals surface area contributed by atoms with Gasteiger partial charge in [-0.15, -0.1) is 11.3 Å². The van der Waals surface area contributed by atoms with Crippen LogP contribution >= 0.6 is 22.7 Å². The van der Waals surface area contributed by atoms with E-state index >= 15 is 0 Å². The number of thiazole rings is 1. The number of hydrogen-bond acceptors (Lipinski definition) is 5. The number of aryl methyl sites for hydroxylation is 4. The molecule has 1 amide bonds. The Morgan fingerprint density at radius 2 is 2.20 bits per heavy atom. The summed E-state index contributed by atoms with van der Waals surface area (Å²) in [5.74, 6) is 0.965. The van der Waals surface area contributed by atoms with Crippen LogP contribution in [0.3, 0.4) is 0 Å². The molecule has 132 valence electrons. The molecule has 0 radical (unpaired) electrons. The van der Waals surface area contributed by atoms with E-state index < -0.39 is 0 Å². The van der Waals surface area contributed by atoms with Gasteiger partial charge < -0.3 is 9.88 Å². The molecule has 3 aromatic heterocycles. The molecule has 5 nitrogen and oxygen atoms in total. The highest BCUT2D eigenvalue weighted by Crippen LogP contribution is 2.26. The summed E-state index contributed by atoms with van der Waals surface area (Å²) in [7, 11) is 0. The maximum Gasteiger partial charge on any atom is 0.222 e. The lowest BCUT2D eigenvalue weighted by atomic mass is 10.1. The van der Waals surface area contributed by atoms with Gasteiger partial charge in [-0.1, -0.05) is 0 Å². The largest absolute Gasteiger partial charge is 0.346 e. The molecule has 0 aliphatic heterocycles. The molecule has 0 aliphatic rings. The lowest BCUT2D eigenvalue weighted by molar-refractivity contribution is -0.122. The molecule has 25 heavy (non-hydrogen) atoms. The minimum Gasteiger partial charge on any atom is -0.346 e. The number of nitrogens with one attached hydrogen (secondary N) is 1. The van der Waals surface area contributed by atoms with Crippen molar-refractivity contribution in [2.24, 2.45) is 0 Å². The number of imidazole rings is 1. The first kappa shape index (κ1) is 17.8. The van der Waals surface area contributed by atoms with Crippen LogP contribution < -0.4 is 5.32 Å². The molecule has 1 atom stereocenters. The van der Waals surface area contributed by atoms with E-state index in [1.54, 1.807) is 28.9 Å².